The van der Waals surface area contributed by atoms with Crippen LogP contribution in [0.1, 0.15) is 33.6 Å². The fourth-order valence-corrected chi connectivity index (χ4v) is 1.89. The Balaban J connectivity index is -0.000000187. The van der Waals surface area contributed by atoms with Crippen LogP contribution in [-0.4, -0.2) is 34.2 Å². The maximum absolute atomic E-state index is 9.58. The minimum absolute atomic E-state index is 0. The SMILES string of the molecule is CC(C)=C(C)C(CC(O)CCl)CC(O)CCl.Cl.Cl.N.N. The first-order valence-electron chi connectivity index (χ1n) is 5.54. The van der Waals surface area contributed by atoms with Gasteiger partial charge in [0.15, 0.2) is 0 Å². The molecule has 2 unspecified atom stereocenters. The predicted octanol–water partition coefficient (Wildman–Crippen LogP) is 4.11. The summed E-state index contributed by atoms with van der Waals surface area (Å²) in [4.78, 5) is 0. The van der Waals surface area contributed by atoms with Crippen LogP contribution in [0.4, 0.5) is 0 Å². The van der Waals surface area contributed by atoms with Crippen molar-refractivity contribution in [3.05, 3.63) is 11.1 Å². The Morgan fingerprint density at radius 1 is 0.850 bits per heavy atom. The molecule has 0 saturated heterocycles. The molecule has 4 nitrogen and oxygen atoms in total. The van der Waals surface area contributed by atoms with E-state index in [0.29, 0.717) is 12.8 Å². The second kappa shape index (κ2) is 17.8. The van der Waals surface area contributed by atoms with Gasteiger partial charge in [0.1, 0.15) is 0 Å². The minimum atomic E-state index is -0.525. The Hall–Kier alpha value is 0.740. The standard InChI is InChI=1S/C12H22Cl2O2.2ClH.2H3N/c1-8(2)9(3)10(4-11(15)6-13)5-12(16)7-14;;;;/h10-12,15-16H,4-7H2,1-3H3;2*1H;2*1H3. The maximum atomic E-state index is 9.58. The van der Waals surface area contributed by atoms with Gasteiger partial charge in [-0.05, 0) is 39.5 Å². The van der Waals surface area contributed by atoms with Gasteiger partial charge in [0, 0.05) is 11.8 Å². The number of alkyl halides is 2. The van der Waals surface area contributed by atoms with Crippen LogP contribution in [-0.2, 0) is 0 Å². The second-order valence-corrected chi connectivity index (χ2v) is 5.08. The highest BCUT2D eigenvalue weighted by Gasteiger charge is 2.19. The van der Waals surface area contributed by atoms with E-state index in [2.05, 4.69) is 0 Å². The molecule has 0 bridgehead atoms. The molecule has 0 aromatic heterocycles. The number of rotatable bonds is 7. The maximum Gasteiger partial charge on any atom is 0.0681 e. The zero-order valence-corrected chi connectivity index (χ0v) is 15.6. The van der Waals surface area contributed by atoms with Gasteiger partial charge in [-0.1, -0.05) is 11.1 Å². The van der Waals surface area contributed by atoms with Crippen molar-refractivity contribution in [2.24, 2.45) is 5.92 Å². The molecule has 0 aliphatic rings. The van der Waals surface area contributed by atoms with E-state index < -0.39 is 12.2 Å². The first-order chi connectivity index (χ1) is 7.42. The Morgan fingerprint density at radius 3 is 1.35 bits per heavy atom. The summed E-state index contributed by atoms with van der Waals surface area (Å²) < 4.78 is 0. The van der Waals surface area contributed by atoms with Crippen molar-refractivity contribution in [3.63, 3.8) is 0 Å². The highest BCUT2D eigenvalue weighted by molar-refractivity contribution is 6.18. The lowest BCUT2D eigenvalue weighted by Crippen LogP contribution is -2.22. The summed E-state index contributed by atoms with van der Waals surface area (Å²) >= 11 is 11.2. The number of allylic oxidation sites excluding steroid dienone is 2. The van der Waals surface area contributed by atoms with Crippen molar-refractivity contribution in [2.45, 2.75) is 45.8 Å². The molecule has 0 heterocycles. The molecule has 8 N–H and O–H groups in total. The third-order valence-electron chi connectivity index (χ3n) is 2.87. The zero-order chi connectivity index (χ0) is 12.7. The van der Waals surface area contributed by atoms with Gasteiger partial charge in [-0.3, -0.25) is 0 Å². The number of hydrogen-bond donors (Lipinski definition) is 4. The van der Waals surface area contributed by atoms with E-state index in [-0.39, 0.29) is 54.8 Å². The Bertz CT molecular complexity index is 227. The molecule has 0 aliphatic heterocycles. The summed E-state index contributed by atoms with van der Waals surface area (Å²) in [5.41, 5.74) is 2.42. The van der Waals surface area contributed by atoms with Crippen LogP contribution in [0, 0.1) is 5.92 Å². The number of aliphatic hydroxyl groups is 2. The smallest absolute Gasteiger partial charge is 0.0681 e. The monoisotopic (exact) mass is 374 g/mol. The van der Waals surface area contributed by atoms with Gasteiger partial charge in [-0.25, -0.2) is 0 Å². The zero-order valence-electron chi connectivity index (χ0n) is 12.4. The van der Waals surface area contributed by atoms with Crippen molar-refractivity contribution >= 4 is 48.0 Å². The fraction of sp³-hybridized carbons (Fsp3) is 0.833. The Kier molecular flexibility index (Phi) is 29.0. The van der Waals surface area contributed by atoms with Crippen molar-refractivity contribution < 1.29 is 10.2 Å². The summed E-state index contributed by atoms with van der Waals surface area (Å²) in [6.07, 6.45) is 0.107. The molecule has 0 aromatic carbocycles. The molecular weight excluding hydrogens is 346 g/mol. The lowest BCUT2D eigenvalue weighted by molar-refractivity contribution is 0.133. The van der Waals surface area contributed by atoms with Crippen molar-refractivity contribution in [2.75, 3.05) is 11.8 Å². The molecule has 0 amide bonds. The summed E-state index contributed by atoms with van der Waals surface area (Å²) in [6, 6.07) is 0. The quantitative estimate of drug-likeness (QED) is 0.396. The van der Waals surface area contributed by atoms with Crippen molar-refractivity contribution in [1.82, 2.24) is 12.3 Å². The molecule has 128 valence electrons. The van der Waals surface area contributed by atoms with Gasteiger partial charge >= 0.3 is 0 Å². The molecule has 0 aromatic rings. The molecule has 0 radical (unpaired) electrons. The predicted molar refractivity (Wildman–Crippen MR) is 94.8 cm³/mol. The fourth-order valence-electron chi connectivity index (χ4n) is 1.64. The van der Waals surface area contributed by atoms with Gasteiger partial charge in [-0.15, -0.1) is 48.0 Å². The first-order valence-corrected chi connectivity index (χ1v) is 6.61. The molecule has 0 spiro atoms. The summed E-state index contributed by atoms with van der Waals surface area (Å²) in [5, 5.41) is 19.2. The van der Waals surface area contributed by atoms with Crippen LogP contribution in [0.25, 0.3) is 0 Å². The van der Waals surface area contributed by atoms with E-state index in [9.17, 15) is 10.2 Å². The normalized spacial score (nSPS) is 13.3. The van der Waals surface area contributed by atoms with Crippen molar-refractivity contribution in [1.29, 1.82) is 0 Å². The third-order valence-corrected chi connectivity index (χ3v) is 3.58. The lowest BCUT2D eigenvalue weighted by atomic mass is 9.87. The molecular formula is C12H30Cl4N2O2. The van der Waals surface area contributed by atoms with Crippen LogP contribution in [0.2, 0.25) is 0 Å². The van der Waals surface area contributed by atoms with Crippen LogP contribution in [0.15, 0.2) is 11.1 Å². The van der Waals surface area contributed by atoms with E-state index in [4.69, 9.17) is 23.2 Å². The number of hydrogen-bond acceptors (Lipinski definition) is 4. The third kappa shape index (κ3) is 13.7. The lowest BCUT2D eigenvalue weighted by Gasteiger charge is -2.23. The highest BCUT2D eigenvalue weighted by atomic mass is 35.5. The largest absolute Gasteiger partial charge is 0.392 e. The van der Waals surface area contributed by atoms with Gasteiger partial charge in [-0.2, -0.15) is 0 Å². The van der Waals surface area contributed by atoms with Crippen LogP contribution in [0.5, 0.6) is 0 Å². The first kappa shape index (κ1) is 32.6. The van der Waals surface area contributed by atoms with Gasteiger partial charge in [0.2, 0.25) is 0 Å². The van der Waals surface area contributed by atoms with E-state index >= 15 is 0 Å². The van der Waals surface area contributed by atoms with Crippen LogP contribution >= 0.6 is 48.0 Å². The average Bonchev–Trinajstić information content (AvgIpc) is 2.26. The molecule has 0 saturated carbocycles. The van der Waals surface area contributed by atoms with Gasteiger partial charge < -0.3 is 22.5 Å². The molecule has 8 heteroatoms. The summed E-state index contributed by atoms with van der Waals surface area (Å²) in [7, 11) is 0. The summed E-state index contributed by atoms with van der Waals surface area (Å²) in [6.45, 7) is 6.09. The Labute approximate surface area is 145 Å². The van der Waals surface area contributed by atoms with Gasteiger partial charge in [0.05, 0.1) is 12.2 Å². The van der Waals surface area contributed by atoms with E-state index in [0.717, 1.165) is 0 Å². The Morgan fingerprint density at radius 2 is 1.15 bits per heavy atom. The van der Waals surface area contributed by atoms with E-state index in [1.165, 1.54) is 11.1 Å². The summed E-state index contributed by atoms with van der Waals surface area (Å²) in [5.74, 6) is 0.597. The van der Waals surface area contributed by atoms with Crippen molar-refractivity contribution in [3.8, 4) is 0 Å². The van der Waals surface area contributed by atoms with Crippen LogP contribution < -0.4 is 12.3 Å². The average molecular weight is 376 g/mol. The molecule has 0 fully saturated rings. The molecule has 0 rings (SSSR count). The molecule has 2 atom stereocenters. The van der Waals surface area contributed by atoms with Crippen LogP contribution in [0.3, 0.4) is 0 Å². The van der Waals surface area contributed by atoms with Gasteiger partial charge in [0.25, 0.3) is 0 Å². The minimum Gasteiger partial charge on any atom is -0.392 e. The number of halogens is 4. The highest BCUT2D eigenvalue weighted by Crippen LogP contribution is 2.25. The number of aliphatic hydroxyl groups excluding tert-OH is 2. The molecule has 20 heavy (non-hydrogen) atoms. The topological polar surface area (TPSA) is 110 Å². The van der Waals surface area contributed by atoms with E-state index in [1.54, 1.807) is 0 Å². The van der Waals surface area contributed by atoms with E-state index in [1.807, 2.05) is 20.8 Å². The molecule has 0 aliphatic carbocycles. The second-order valence-electron chi connectivity index (χ2n) is 4.47.